The molecule has 2 N–H and O–H groups in total. The summed E-state index contributed by atoms with van der Waals surface area (Å²) in [6.07, 6.45) is 1.41. The van der Waals surface area contributed by atoms with E-state index in [0.717, 1.165) is 4.90 Å². The molecule has 7 heteroatoms. The lowest BCUT2D eigenvalue weighted by Crippen LogP contribution is -2.14. The van der Waals surface area contributed by atoms with Gasteiger partial charge in [-0.05, 0) is 55.6 Å². The van der Waals surface area contributed by atoms with Crippen molar-refractivity contribution < 1.29 is 14.3 Å². The molecule has 0 aromatic heterocycles. The average molecular weight is 365 g/mol. The second kappa shape index (κ2) is 8.61. The number of amides is 2. The first-order chi connectivity index (χ1) is 11.5. The normalized spacial score (nSPS) is 10.1. The van der Waals surface area contributed by atoms with Crippen molar-refractivity contribution in [3.8, 4) is 0 Å². The fraction of sp³-hybridized carbons (Fsp3) is 0.176. The van der Waals surface area contributed by atoms with E-state index in [0.29, 0.717) is 28.6 Å². The smallest absolute Gasteiger partial charge is 0.411 e. The molecule has 0 saturated heterocycles. The molecule has 0 aliphatic rings. The van der Waals surface area contributed by atoms with E-state index in [-0.39, 0.29) is 5.91 Å². The lowest BCUT2D eigenvalue weighted by molar-refractivity contribution is 0.102. The highest BCUT2D eigenvalue weighted by Crippen LogP contribution is 2.24. The van der Waals surface area contributed by atoms with E-state index in [9.17, 15) is 9.59 Å². The third-order valence-corrected chi connectivity index (χ3v) is 4.14. The maximum absolute atomic E-state index is 12.4. The van der Waals surface area contributed by atoms with E-state index >= 15 is 0 Å². The molecule has 2 aromatic rings. The zero-order valence-corrected chi connectivity index (χ0v) is 14.8. The molecule has 0 radical (unpaired) electrons. The highest BCUT2D eigenvalue weighted by molar-refractivity contribution is 7.98. The van der Waals surface area contributed by atoms with E-state index in [1.54, 1.807) is 43.3 Å². The molecule has 0 aliphatic heterocycles. The number of rotatable bonds is 5. The highest BCUT2D eigenvalue weighted by atomic mass is 35.5. The minimum absolute atomic E-state index is 0.290. The molecule has 0 saturated carbocycles. The molecular weight excluding hydrogens is 348 g/mol. The summed E-state index contributed by atoms with van der Waals surface area (Å²) in [5, 5.41) is 5.76. The van der Waals surface area contributed by atoms with Crippen LogP contribution in [0.2, 0.25) is 5.02 Å². The van der Waals surface area contributed by atoms with Crippen LogP contribution in [0.15, 0.2) is 47.4 Å². The molecule has 0 atom stereocenters. The van der Waals surface area contributed by atoms with E-state index in [4.69, 9.17) is 16.3 Å². The van der Waals surface area contributed by atoms with Gasteiger partial charge >= 0.3 is 6.09 Å². The maximum Gasteiger partial charge on any atom is 0.411 e. The van der Waals surface area contributed by atoms with Crippen molar-refractivity contribution in [3.05, 3.63) is 53.1 Å². The molecule has 0 fully saturated rings. The number of hydrogen-bond acceptors (Lipinski definition) is 4. The number of thioether (sulfide) groups is 1. The van der Waals surface area contributed by atoms with E-state index < -0.39 is 6.09 Å². The summed E-state index contributed by atoms with van der Waals surface area (Å²) in [6.45, 7) is 2.03. The number of hydrogen-bond donors (Lipinski definition) is 2. The van der Waals surface area contributed by atoms with E-state index in [1.165, 1.54) is 11.8 Å². The van der Waals surface area contributed by atoms with Crippen LogP contribution >= 0.6 is 23.4 Å². The minimum Gasteiger partial charge on any atom is -0.450 e. The molecular formula is C17H17ClN2O3S. The third kappa shape index (κ3) is 4.91. The van der Waals surface area contributed by atoms with Crippen molar-refractivity contribution in [2.75, 3.05) is 23.5 Å². The Labute approximate surface area is 149 Å². The Balaban J connectivity index is 2.05. The van der Waals surface area contributed by atoms with Gasteiger partial charge in [0.25, 0.3) is 5.91 Å². The number of benzene rings is 2. The van der Waals surface area contributed by atoms with Crippen molar-refractivity contribution in [1.82, 2.24) is 0 Å². The first-order valence-corrected chi connectivity index (χ1v) is 8.82. The number of ether oxygens (including phenoxy) is 1. The Kier molecular flexibility index (Phi) is 6.52. The van der Waals surface area contributed by atoms with Gasteiger partial charge in [-0.1, -0.05) is 11.6 Å². The molecule has 2 aromatic carbocycles. The van der Waals surface area contributed by atoms with Crippen LogP contribution in [0.1, 0.15) is 17.3 Å². The van der Waals surface area contributed by atoms with Gasteiger partial charge in [-0.15, -0.1) is 11.8 Å². The van der Waals surface area contributed by atoms with Gasteiger partial charge in [-0.25, -0.2) is 4.79 Å². The zero-order valence-electron chi connectivity index (χ0n) is 13.3. The molecule has 2 rings (SSSR count). The summed E-state index contributed by atoms with van der Waals surface area (Å²) >= 11 is 7.63. The van der Waals surface area contributed by atoms with Crippen LogP contribution < -0.4 is 10.6 Å². The first-order valence-electron chi connectivity index (χ1n) is 7.22. The Bertz CT molecular complexity index is 735. The van der Waals surface area contributed by atoms with E-state index in [2.05, 4.69) is 10.6 Å². The summed E-state index contributed by atoms with van der Waals surface area (Å²) in [5.74, 6) is -0.290. The first kappa shape index (κ1) is 18.2. The van der Waals surface area contributed by atoms with Gasteiger partial charge in [-0.3, -0.25) is 10.1 Å². The Morgan fingerprint density at radius 1 is 1.08 bits per heavy atom. The molecule has 2 amide bonds. The van der Waals surface area contributed by atoms with Crippen molar-refractivity contribution in [1.29, 1.82) is 0 Å². The molecule has 5 nitrogen and oxygen atoms in total. The molecule has 0 heterocycles. The van der Waals surface area contributed by atoms with Crippen LogP contribution in [0, 0.1) is 0 Å². The summed E-state index contributed by atoms with van der Waals surface area (Å²) in [6, 6.07) is 12.0. The number of nitrogens with one attached hydrogen (secondary N) is 2. The molecule has 24 heavy (non-hydrogen) atoms. The molecule has 126 valence electrons. The Hall–Kier alpha value is -2.18. The van der Waals surface area contributed by atoms with Gasteiger partial charge < -0.3 is 10.1 Å². The van der Waals surface area contributed by atoms with Gasteiger partial charge in [-0.2, -0.15) is 0 Å². The molecule has 0 aliphatic carbocycles. The van der Waals surface area contributed by atoms with Crippen LogP contribution in [0.3, 0.4) is 0 Å². The van der Waals surface area contributed by atoms with Gasteiger partial charge in [0.15, 0.2) is 0 Å². The second-order valence-corrected chi connectivity index (χ2v) is 6.01. The lowest BCUT2D eigenvalue weighted by Gasteiger charge is -2.09. The maximum atomic E-state index is 12.4. The largest absolute Gasteiger partial charge is 0.450 e. The van der Waals surface area contributed by atoms with Gasteiger partial charge in [0.05, 0.1) is 17.2 Å². The van der Waals surface area contributed by atoms with E-state index in [1.807, 2.05) is 12.3 Å². The molecule has 0 bridgehead atoms. The van der Waals surface area contributed by atoms with Crippen LogP contribution in [0.4, 0.5) is 16.2 Å². The summed E-state index contributed by atoms with van der Waals surface area (Å²) in [4.78, 5) is 24.7. The summed E-state index contributed by atoms with van der Waals surface area (Å²) in [7, 11) is 0. The molecule has 0 spiro atoms. The standard InChI is InChI=1S/C17H17ClN2O3S/c1-3-23-17(22)20-12-6-4-11(5-7-12)19-16(21)14-10-13(24-2)8-9-15(14)18/h4-10H,3H2,1-2H3,(H,19,21)(H,20,22). The topological polar surface area (TPSA) is 67.4 Å². The van der Waals surface area contributed by atoms with Crippen molar-refractivity contribution in [2.45, 2.75) is 11.8 Å². The highest BCUT2D eigenvalue weighted by Gasteiger charge is 2.12. The minimum atomic E-state index is -0.519. The van der Waals surface area contributed by atoms with Crippen LogP contribution in [-0.2, 0) is 4.74 Å². The zero-order chi connectivity index (χ0) is 17.5. The van der Waals surface area contributed by atoms with Gasteiger partial charge in [0, 0.05) is 16.3 Å². The van der Waals surface area contributed by atoms with Gasteiger partial charge in [0.1, 0.15) is 0 Å². The Morgan fingerprint density at radius 2 is 1.71 bits per heavy atom. The SMILES string of the molecule is CCOC(=O)Nc1ccc(NC(=O)c2cc(SC)ccc2Cl)cc1. The summed E-state index contributed by atoms with van der Waals surface area (Å²) in [5.41, 5.74) is 1.59. The number of carbonyl (C=O) groups is 2. The second-order valence-electron chi connectivity index (χ2n) is 4.72. The van der Waals surface area contributed by atoms with Crippen molar-refractivity contribution in [2.24, 2.45) is 0 Å². The number of halogens is 1. The lowest BCUT2D eigenvalue weighted by atomic mass is 10.2. The van der Waals surface area contributed by atoms with Crippen molar-refractivity contribution >= 4 is 46.7 Å². The number of anilines is 2. The quantitative estimate of drug-likeness (QED) is 0.742. The van der Waals surface area contributed by atoms with Crippen LogP contribution in [-0.4, -0.2) is 24.9 Å². The predicted molar refractivity (Wildman–Crippen MR) is 98.3 cm³/mol. The van der Waals surface area contributed by atoms with Crippen molar-refractivity contribution in [3.63, 3.8) is 0 Å². The fourth-order valence-electron chi connectivity index (χ4n) is 1.93. The monoisotopic (exact) mass is 364 g/mol. The molecule has 0 unspecified atom stereocenters. The average Bonchev–Trinajstić information content (AvgIpc) is 2.57. The number of carbonyl (C=O) groups excluding carboxylic acids is 2. The Morgan fingerprint density at radius 3 is 2.29 bits per heavy atom. The third-order valence-electron chi connectivity index (χ3n) is 3.08. The van der Waals surface area contributed by atoms with Crippen LogP contribution in [0.25, 0.3) is 0 Å². The fourth-order valence-corrected chi connectivity index (χ4v) is 2.57. The van der Waals surface area contributed by atoms with Gasteiger partial charge in [0.2, 0.25) is 0 Å². The summed E-state index contributed by atoms with van der Waals surface area (Å²) < 4.78 is 4.80. The van der Waals surface area contributed by atoms with Crippen LogP contribution in [0.5, 0.6) is 0 Å². The predicted octanol–water partition coefficient (Wildman–Crippen LogP) is 4.88.